The fourth-order valence-corrected chi connectivity index (χ4v) is 4.02. The number of thioether (sulfide) groups is 1. The first kappa shape index (κ1) is 14.8. The van der Waals surface area contributed by atoms with Gasteiger partial charge in [-0.2, -0.15) is 0 Å². The van der Waals surface area contributed by atoms with Crippen molar-refractivity contribution in [2.45, 2.75) is 49.7 Å². The van der Waals surface area contributed by atoms with E-state index >= 15 is 0 Å². The molecule has 2 aromatic rings. The van der Waals surface area contributed by atoms with Crippen LogP contribution in [0.2, 0.25) is 0 Å². The number of nitrogens with zero attached hydrogens (tertiary/aromatic N) is 1. The second-order valence-electron chi connectivity index (χ2n) is 5.56. The van der Waals surface area contributed by atoms with Gasteiger partial charge in [-0.15, -0.1) is 11.8 Å². The number of aryl methyl sites for hydroxylation is 2. The Kier molecular flexibility index (Phi) is 4.76. The van der Waals surface area contributed by atoms with Crippen LogP contribution in [0.4, 0.5) is 0 Å². The van der Waals surface area contributed by atoms with Gasteiger partial charge in [0.25, 0.3) is 0 Å². The topological polar surface area (TPSA) is 28.7 Å². The van der Waals surface area contributed by atoms with Crippen molar-refractivity contribution in [3.8, 4) is 0 Å². The lowest BCUT2D eigenvalue weighted by molar-refractivity contribution is 0.708. The van der Waals surface area contributed by atoms with Gasteiger partial charge < -0.3 is 4.98 Å². The largest absolute Gasteiger partial charge is 0.346 e. The van der Waals surface area contributed by atoms with Crippen LogP contribution in [-0.2, 0) is 18.6 Å². The number of rotatable bonds is 3. The third-order valence-electron chi connectivity index (χ3n) is 3.97. The van der Waals surface area contributed by atoms with Crippen LogP contribution in [0, 0.1) is 11.6 Å². The third kappa shape index (κ3) is 3.55. The Labute approximate surface area is 135 Å². The predicted molar refractivity (Wildman–Crippen MR) is 91.4 cm³/mol. The van der Waals surface area contributed by atoms with Gasteiger partial charge in [0.05, 0.1) is 5.75 Å². The predicted octanol–water partition coefficient (Wildman–Crippen LogP) is 5.01. The van der Waals surface area contributed by atoms with E-state index in [4.69, 9.17) is 12.2 Å². The highest BCUT2D eigenvalue weighted by Gasteiger charge is 2.12. The highest BCUT2D eigenvalue weighted by Crippen LogP contribution is 2.26. The smallest absolute Gasteiger partial charge is 0.133 e. The minimum Gasteiger partial charge on any atom is -0.346 e. The molecule has 0 amide bonds. The SMILES string of the molecule is Cc1ccccc1SCc1nc(=S)c2c([nH]1)CCCCC2. The van der Waals surface area contributed by atoms with Gasteiger partial charge in [-0.1, -0.05) is 36.8 Å². The zero-order valence-electron chi connectivity index (χ0n) is 12.3. The van der Waals surface area contributed by atoms with Crippen molar-refractivity contribution in [3.05, 3.63) is 51.6 Å². The molecule has 1 heterocycles. The summed E-state index contributed by atoms with van der Waals surface area (Å²) >= 11 is 7.33. The van der Waals surface area contributed by atoms with Crippen LogP contribution in [0.25, 0.3) is 0 Å². The quantitative estimate of drug-likeness (QED) is 0.490. The summed E-state index contributed by atoms with van der Waals surface area (Å²) in [7, 11) is 0. The van der Waals surface area contributed by atoms with Crippen LogP contribution >= 0.6 is 24.0 Å². The van der Waals surface area contributed by atoms with Gasteiger partial charge in [0.2, 0.25) is 0 Å². The van der Waals surface area contributed by atoms with Crippen molar-refractivity contribution >= 4 is 24.0 Å². The zero-order valence-corrected chi connectivity index (χ0v) is 13.9. The number of aromatic nitrogens is 2. The van der Waals surface area contributed by atoms with Gasteiger partial charge in [-0.3, -0.25) is 0 Å². The van der Waals surface area contributed by atoms with Crippen molar-refractivity contribution in [2.75, 3.05) is 0 Å². The van der Waals surface area contributed by atoms with Crippen LogP contribution in [-0.4, -0.2) is 9.97 Å². The van der Waals surface area contributed by atoms with E-state index in [1.807, 2.05) is 11.8 Å². The number of aromatic amines is 1. The molecule has 21 heavy (non-hydrogen) atoms. The Bertz CT molecular complexity index is 691. The standard InChI is InChI=1S/C17H20N2S2/c1-12-7-5-6-10-15(12)21-11-16-18-14-9-4-2-3-8-13(14)17(20)19-16/h5-7,10H,2-4,8-9,11H2,1H3,(H,18,19,20). The first-order chi connectivity index (χ1) is 10.2. The van der Waals surface area contributed by atoms with Crippen LogP contribution in [0.15, 0.2) is 29.2 Å². The molecule has 0 atom stereocenters. The van der Waals surface area contributed by atoms with E-state index in [-0.39, 0.29) is 0 Å². The number of hydrogen-bond donors (Lipinski definition) is 1. The van der Waals surface area contributed by atoms with Crippen molar-refractivity contribution in [1.29, 1.82) is 0 Å². The van der Waals surface area contributed by atoms with E-state index in [1.165, 1.54) is 41.0 Å². The number of H-pyrrole nitrogens is 1. The molecule has 1 aliphatic rings. The molecule has 1 aromatic carbocycles. The van der Waals surface area contributed by atoms with Gasteiger partial charge >= 0.3 is 0 Å². The summed E-state index contributed by atoms with van der Waals surface area (Å²) in [5.74, 6) is 1.86. The number of nitrogens with one attached hydrogen (secondary N) is 1. The van der Waals surface area contributed by atoms with Crippen LogP contribution in [0.5, 0.6) is 0 Å². The molecule has 0 saturated heterocycles. The van der Waals surface area contributed by atoms with Crippen molar-refractivity contribution in [2.24, 2.45) is 0 Å². The molecule has 110 valence electrons. The van der Waals surface area contributed by atoms with Gasteiger partial charge in [0, 0.05) is 16.2 Å². The molecule has 0 saturated carbocycles. The summed E-state index contributed by atoms with van der Waals surface area (Å²) in [5.41, 5.74) is 3.93. The average molecular weight is 316 g/mol. The van der Waals surface area contributed by atoms with E-state index < -0.39 is 0 Å². The highest BCUT2D eigenvalue weighted by molar-refractivity contribution is 7.98. The average Bonchev–Trinajstić information content (AvgIpc) is 2.72. The molecule has 0 radical (unpaired) electrons. The molecule has 0 unspecified atom stereocenters. The lowest BCUT2D eigenvalue weighted by Crippen LogP contribution is -2.04. The summed E-state index contributed by atoms with van der Waals surface area (Å²) in [6.07, 6.45) is 5.99. The first-order valence-electron chi connectivity index (χ1n) is 7.53. The molecule has 1 aromatic heterocycles. The fraction of sp³-hybridized carbons (Fsp3) is 0.412. The Morgan fingerprint density at radius 1 is 1.19 bits per heavy atom. The van der Waals surface area contributed by atoms with Gasteiger partial charge in [0.1, 0.15) is 10.5 Å². The maximum atomic E-state index is 5.50. The maximum Gasteiger partial charge on any atom is 0.133 e. The van der Waals surface area contributed by atoms with E-state index in [9.17, 15) is 0 Å². The highest BCUT2D eigenvalue weighted by atomic mass is 32.2. The molecular formula is C17H20N2S2. The van der Waals surface area contributed by atoms with E-state index in [1.54, 1.807) is 0 Å². The number of hydrogen-bond acceptors (Lipinski definition) is 3. The summed E-state index contributed by atoms with van der Waals surface area (Å²) < 4.78 is 0.811. The van der Waals surface area contributed by atoms with Crippen molar-refractivity contribution in [3.63, 3.8) is 0 Å². The summed E-state index contributed by atoms with van der Waals surface area (Å²) in [6, 6.07) is 8.47. The molecular weight excluding hydrogens is 296 g/mol. The maximum absolute atomic E-state index is 5.50. The molecule has 1 aliphatic carbocycles. The molecule has 3 rings (SSSR count). The monoisotopic (exact) mass is 316 g/mol. The lowest BCUT2D eigenvalue weighted by Gasteiger charge is -2.10. The molecule has 0 aliphatic heterocycles. The number of benzene rings is 1. The van der Waals surface area contributed by atoms with E-state index in [2.05, 4.69) is 41.2 Å². The number of fused-ring (bicyclic) bond motifs is 1. The Hall–Kier alpha value is -1.13. The second kappa shape index (κ2) is 6.75. The molecule has 0 spiro atoms. The van der Waals surface area contributed by atoms with Gasteiger partial charge in [-0.05, 0) is 44.2 Å². The van der Waals surface area contributed by atoms with Gasteiger partial charge in [-0.25, -0.2) is 4.98 Å². The van der Waals surface area contributed by atoms with E-state index in [0.717, 1.165) is 29.1 Å². The normalized spacial score (nSPS) is 14.5. The minimum absolute atomic E-state index is 0.811. The third-order valence-corrected chi connectivity index (χ3v) is 5.49. The summed E-state index contributed by atoms with van der Waals surface area (Å²) in [6.45, 7) is 2.15. The van der Waals surface area contributed by atoms with Gasteiger partial charge in [0.15, 0.2) is 0 Å². The van der Waals surface area contributed by atoms with Crippen LogP contribution in [0.1, 0.15) is 41.9 Å². The fourth-order valence-electron chi connectivity index (χ4n) is 2.78. The van der Waals surface area contributed by atoms with Crippen LogP contribution < -0.4 is 0 Å². The Balaban J connectivity index is 1.80. The second-order valence-corrected chi connectivity index (χ2v) is 6.96. The van der Waals surface area contributed by atoms with Crippen molar-refractivity contribution < 1.29 is 0 Å². The Morgan fingerprint density at radius 2 is 2.00 bits per heavy atom. The minimum atomic E-state index is 0.811. The van der Waals surface area contributed by atoms with E-state index in [0.29, 0.717) is 0 Å². The van der Waals surface area contributed by atoms with Crippen molar-refractivity contribution in [1.82, 2.24) is 9.97 Å². The van der Waals surface area contributed by atoms with Crippen LogP contribution in [0.3, 0.4) is 0 Å². The summed E-state index contributed by atoms with van der Waals surface area (Å²) in [4.78, 5) is 9.46. The first-order valence-corrected chi connectivity index (χ1v) is 8.93. The molecule has 0 fully saturated rings. The Morgan fingerprint density at radius 3 is 2.86 bits per heavy atom. The molecule has 1 N–H and O–H groups in total. The summed E-state index contributed by atoms with van der Waals surface area (Å²) in [5, 5.41) is 0. The lowest BCUT2D eigenvalue weighted by atomic mass is 10.1. The molecule has 2 nitrogen and oxygen atoms in total. The molecule has 0 bridgehead atoms. The zero-order chi connectivity index (χ0) is 14.7. The molecule has 4 heteroatoms.